The fraction of sp³-hybridized carbons (Fsp3) is 0. The van der Waals surface area contributed by atoms with Crippen LogP contribution in [-0.2, 0) is 16.5 Å². The normalized spacial score (nSPS) is 4.80. The van der Waals surface area contributed by atoms with Gasteiger partial charge >= 0.3 is 62.0 Å². The molecular formula is N2NiO6Sr+2. The van der Waals surface area contributed by atoms with Crippen LogP contribution in [0.1, 0.15) is 0 Å². The van der Waals surface area contributed by atoms with Gasteiger partial charge in [-0.1, -0.05) is 0 Å². The predicted molar refractivity (Wildman–Crippen MR) is 26.5 cm³/mol. The Labute approximate surface area is 102 Å². The average molecular weight is 270 g/mol. The van der Waals surface area contributed by atoms with Gasteiger partial charge < -0.3 is 30.6 Å². The maximum atomic E-state index is 8.25. The molecule has 0 aromatic carbocycles. The summed E-state index contributed by atoms with van der Waals surface area (Å²) >= 11 is 0. The van der Waals surface area contributed by atoms with Crippen molar-refractivity contribution in [3.8, 4) is 0 Å². The maximum Gasteiger partial charge on any atom is 2.00 e. The molecule has 0 fully saturated rings. The fourth-order valence-electron chi connectivity index (χ4n) is 0. The van der Waals surface area contributed by atoms with Crippen molar-refractivity contribution in [3.63, 3.8) is 0 Å². The Kier molecular flexibility index (Phi) is 36.3. The summed E-state index contributed by atoms with van der Waals surface area (Å²) in [5.74, 6) is 0. The van der Waals surface area contributed by atoms with Crippen LogP contribution >= 0.6 is 0 Å². The van der Waals surface area contributed by atoms with Crippen molar-refractivity contribution in [2.45, 2.75) is 0 Å². The Morgan fingerprint density at radius 2 is 0.800 bits per heavy atom. The van der Waals surface area contributed by atoms with Gasteiger partial charge in [-0.15, -0.1) is 0 Å². The molecule has 0 aliphatic carbocycles. The minimum atomic E-state index is -1.75. The molecule has 10 heavy (non-hydrogen) atoms. The zero-order chi connectivity index (χ0) is 7.15. The number of hydrogen-bond donors (Lipinski definition) is 0. The van der Waals surface area contributed by atoms with Gasteiger partial charge in [-0.05, 0) is 0 Å². The molecule has 0 amide bonds. The van der Waals surface area contributed by atoms with Crippen LogP contribution in [0, 0.1) is 30.6 Å². The second-order valence-corrected chi connectivity index (χ2v) is 0.447. The van der Waals surface area contributed by atoms with Crippen LogP contribution in [-0.4, -0.2) is 55.7 Å². The number of nitrogens with zero attached hydrogens (tertiary/aromatic N) is 2. The Balaban J connectivity index is -0.0000000300. The van der Waals surface area contributed by atoms with E-state index in [1.165, 1.54) is 0 Å². The van der Waals surface area contributed by atoms with Crippen molar-refractivity contribution in [2.75, 3.05) is 0 Å². The Morgan fingerprint density at radius 1 is 0.800 bits per heavy atom. The molecule has 0 aromatic rings. The third-order valence-corrected chi connectivity index (χ3v) is 0. The van der Waals surface area contributed by atoms with Gasteiger partial charge in [0.25, 0.3) is 0 Å². The average Bonchev–Trinajstić information content (AvgIpc) is 1.25. The summed E-state index contributed by atoms with van der Waals surface area (Å²) < 4.78 is 0. The van der Waals surface area contributed by atoms with Crippen LogP contribution in [0.4, 0.5) is 0 Å². The summed E-state index contributed by atoms with van der Waals surface area (Å²) in [5, 5.41) is 29.5. The second-order valence-electron chi connectivity index (χ2n) is 0.447. The molecule has 0 saturated carbocycles. The van der Waals surface area contributed by atoms with Crippen molar-refractivity contribution < 1.29 is 26.7 Å². The zero-order valence-corrected chi connectivity index (χ0v) is 8.83. The van der Waals surface area contributed by atoms with E-state index in [2.05, 4.69) is 0 Å². The first-order chi connectivity index (χ1) is 3.46. The molecule has 0 aliphatic rings. The van der Waals surface area contributed by atoms with Crippen LogP contribution in [0.2, 0.25) is 0 Å². The van der Waals surface area contributed by atoms with E-state index in [-0.39, 0.29) is 62.0 Å². The van der Waals surface area contributed by atoms with E-state index in [1.807, 2.05) is 0 Å². The van der Waals surface area contributed by atoms with E-state index in [0.717, 1.165) is 0 Å². The van der Waals surface area contributed by atoms with Gasteiger partial charge in [0.2, 0.25) is 0 Å². The summed E-state index contributed by atoms with van der Waals surface area (Å²) in [6, 6.07) is 0. The zero-order valence-electron chi connectivity index (χ0n) is 4.37. The Hall–Kier alpha value is 0.374. The summed E-state index contributed by atoms with van der Waals surface area (Å²) in [7, 11) is 0. The van der Waals surface area contributed by atoms with Crippen LogP contribution in [0.5, 0.6) is 0 Å². The van der Waals surface area contributed by atoms with E-state index in [1.54, 1.807) is 0 Å². The van der Waals surface area contributed by atoms with Gasteiger partial charge in [-0.25, -0.2) is 0 Å². The molecule has 0 radical (unpaired) electrons. The van der Waals surface area contributed by atoms with E-state index in [0.29, 0.717) is 0 Å². The molecule has 0 aliphatic heterocycles. The van der Waals surface area contributed by atoms with E-state index in [4.69, 9.17) is 30.6 Å². The molecule has 0 bridgehead atoms. The van der Waals surface area contributed by atoms with Crippen LogP contribution in [0.15, 0.2) is 0 Å². The van der Waals surface area contributed by atoms with Gasteiger partial charge in [-0.2, -0.15) is 0 Å². The third-order valence-electron chi connectivity index (χ3n) is 0. The third kappa shape index (κ3) is 3250. The molecule has 0 aromatic heterocycles. The molecule has 0 saturated heterocycles. The van der Waals surface area contributed by atoms with Gasteiger partial charge in [0.15, 0.2) is 0 Å². The standard InChI is InChI=1S/2NO3.Ni.Sr/c2*2-1(3)4;;/q2*-1;2*+2. The van der Waals surface area contributed by atoms with Crippen molar-refractivity contribution in [1.29, 1.82) is 0 Å². The van der Waals surface area contributed by atoms with Gasteiger partial charge in [-0.3, -0.25) is 0 Å². The van der Waals surface area contributed by atoms with Gasteiger partial charge in [0, 0.05) is 0 Å². The molecule has 0 heterocycles. The smallest absolute Gasteiger partial charge is 0.356 e. The SMILES string of the molecule is O=[N+]([O-])[O-].O=[N+]([O-])[O-].[Ni+2].[Sr+2]. The molecule has 0 rings (SSSR count). The molecule has 56 valence electrons. The van der Waals surface area contributed by atoms with Gasteiger partial charge in [0.1, 0.15) is 0 Å². The number of hydrogen-bond acceptors (Lipinski definition) is 6. The monoisotopic (exact) mass is 270 g/mol. The first-order valence-electron chi connectivity index (χ1n) is 1.10. The van der Waals surface area contributed by atoms with Crippen molar-refractivity contribution in [3.05, 3.63) is 30.6 Å². The quantitative estimate of drug-likeness (QED) is 0.319. The first-order valence-corrected chi connectivity index (χ1v) is 1.10. The molecule has 8 nitrogen and oxygen atoms in total. The predicted octanol–water partition coefficient (Wildman–Crippen LogP) is -0.862. The molecule has 0 unspecified atom stereocenters. The summed E-state index contributed by atoms with van der Waals surface area (Å²) in [6.45, 7) is 0. The Morgan fingerprint density at radius 3 is 0.800 bits per heavy atom. The van der Waals surface area contributed by atoms with E-state index in [9.17, 15) is 0 Å². The second kappa shape index (κ2) is 16.2. The fourth-order valence-corrected chi connectivity index (χ4v) is 0. The van der Waals surface area contributed by atoms with E-state index < -0.39 is 10.2 Å². The van der Waals surface area contributed by atoms with Crippen LogP contribution in [0.25, 0.3) is 0 Å². The number of rotatable bonds is 0. The Bertz CT molecular complexity index is 73.7. The molecule has 0 spiro atoms. The van der Waals surface area contributed by atoms with Gasteiger partial charge in [0.05, 0.1) is 10.2 Å². The topological polar surface area (TPSA) is 132 Å². The molecular weight excluding hydrogens is 270 g/mol. The van der Waals surface area contributed by atoms with Crippen molar-refractivity contribution >= 4 is 45.5 Å². The van der Waals surface area contributed by atoms with Crippen molar-refractivity contribution in [1.82, 2.24) is 0 Å². The van der Waals surface area contributed by atoms with Crippen LogP contribution in [0.3, 0.4) is 0 Å². The minimum Gasteiger partial charge on any atom is -0.356 e. The molecule has 10 heteroatoms. The van der Waals surface area contributed by atoms with Crippen molar-refractivity contribution in [2.24, 2.45) is 0 Å². The summed E-state index contributed by atoms with van der Waals surface area (Å²) in [6.07, 6.45) is 0. The van der Waals surface area contributed by atoms with E-state index >= 15 is 0 Å². The molecule has 0 N–H and O–H groups in total. The van der Waals surface area contributed by atoms with Crippen LogP contribution < -0.4 is 0 Å². The molecule has 0 atom stereocenters. The first kappa shape index (κ1) is 22.4. The maximum absolute atomic E-state index is 8.25. The minimum absolute atomic E-state index is 0. The largest absolute Gasteiger partial charge is 2.00 e. The summed E-state index contributed by atoms with van der Waals surface area (Å²) in [5.41, 5.74) is 0. The summed E-state index contributed by atoms with van der Waals surface area (Å²) in [4.78, 5) is 16.5.